The van der Waals surface area contributed by atoms with Crippen LogP contribution in [0, 0.1) is 11.8 Å². The lowest BCUT2D eigenvalue weighted by molar-refractivity contribution is 0.138. The number of aliphatic hydroxyl groups excluding tert-OH is 1. The van der Waals surface area contributed by atoms with Gasteiger partial charge in [-0.05, 0) is 55.6 Å². The average molecular weight is 401 g/mol. The number of aryl methyl sites for hydroxylation is 1. The second-order valence-corrected chi connectivity index (χ2v) is 7.60. The van der Waals surface area contributed by atoms with Crippen LogP contribution in [0.25, 0.3) is 0 Å². The van der Waals surface area contributed by atoms with Crippen LogP contribution < -0.4 is 10.2 Å². The predicted molar refractivity (Wildman–Crippen MR) is 120 cm³/mol. The molecule has 0 bridgehead atoms. The van der Waals surface area contributed by atoms with E-state index in [2.05, 4.69) is 33.1 Å². The van der Waals surface area contributed by atoms with Gasteiger partial charge in [-0.15, -0.1) is 0 Å². The zero-order valence-electron chi connectivity index (χ0n) is 17.2. The van der Waals surface area contributed by atoms with Gasteiger partial charge in [0.05, 0.1) is 12.0 Å². The van der Waals surface area contributed by atoms with Crippen molar-refractivity contribution < 1.29 is 5.11 Å². The molecule has 1 aliphatic heterocycles. The molecule has 0 amide bonds. The minimum Gasteiger partial charge on any atom is -0.374 e. The van der Waals surface area contributed by atoms with E-state index in [0.717, 1.165) is 55.0 Å². The van der Waals surface area contributed by atoms with Crippen LogP contribution in [0.3, 0.4) is 0 Å². The number of hydrogen-bond donors (Lipinski definition) is 2. The van der Waals surface area contributed by atoms with Crippen LogP contribution in [-0.2, 0) is 6.54 Å². The number of rotatable bonds is 7. The van der Waals surface area contributed by atoms with Gasteiger partial charge in [0.25, 0.3) is 0 Å². The molecule has 1 atom stereocenters. The highest BCUT2D eigenvalue weighted by Crippen LogP contribution is 2.27. The van der Waals surface area contributed by atoms with E-state index in [1.165, 1.54) is 12.8 Å². The van der Waals surface area contributed by atoms with Crippen molar-refractivity contribution in [3.05, 3.63) is 83.9 Å². The molecule has 30 heavy (non-hydrogen) atoms. The van der Waals surface area contributed by atoms with Gasteiger partial charge in [-0.1, -0.05) is 36.1 Å². The largest absolute Gasteiger partial charge is 0.374 e. The lowest BCUT2D eigenvalue weighted by atomic mass is 10.1. The van der Waals surface area contributed by atoms with E-state index in [1.807, 2.05) is 59.6 Å². The number of aliphatic hydroxyl groups is 1. The highest BCUT2D eigenvalue weighted by Gasteiger charge is 2.17. The van der Waals surface area contributed by atoms with Crippen LogP contribution in [0.1, 0.15) is 42.2 Å². The highest BCUT2D eigenvalue weighted by molar-refractivity contribution is 5.63. The summed E-state index contributed by atoms with van der Waals surface area (Å²) < 4.78 is 2.04. The second kappa shape index (κ2) is 10.1. The van der Waals surface area contributed by atoms with Crippen molar-refractivity contribution in [2.75, 3.05) is 24.5 Å². The van der Waals surface area contributed by atoms with Crippen LogP contribution in [0.15, 0.2) is 67.3 Å². The van der Waals surface area contributed by atoms with E-state index in [4.69, 9.17) is 0 Å². The Morgan fingerprint density at radius 1 is 1.07 bits per heavy atom. The van der Waals surface area contributed by atoms with E-state index < -0.39 is 6.23 Å². The fourth-order valence-electron chi connectivity index (χ4n) is 3.76. The van der Waals surface area contributed by atoms with E-state index in [-0.39, 0.29) is 0 Å². The molecule has 5 heteroatoms. The van der Waals surface area contributed by atoms with Gasteiger partial charge in [-0.3, -0.25) is 5.32 Å². The number of nitrogens with one attached hydrogen (secondary N) is 1. The molecule has 154 valence electrons. The molecule has 3 aromatic rings. The van der Waals surface area contributed by atoms with Crippen molar-refractivity contribution in [1.29, 1.82) is 0 Å². The molecular formula is C25H28N4O. The maximum atomic E-state index is 10.7. The first-order valence-electron chi connectivity index (χ1n) is 10.6. The van der Waals surface area contributed by atoms with Gasteiger partial charge in [0.1, 0.15) is 6.23 Å². The molecule has 1 fully saturated rings. The van der Waals surface area contributed by atoms with Crippen molar-refractivity contribution in [1.82, 2.24) is 14.9 Å². The summed E-state index contributed by atoms with van der Waals surface area (Å²) in [5.41, 5.74) is 3.97. The Hall–Kier alpha value is -3.07. The third-order valence-corrected chi connectivity index (χ3v) is 5.39. The van der Waals surface area contributed by atoms with Crippen molar-refractivity contribution in [3.63, 3.8) is 0 Å². The van der Waals surface area contributed by atoms with E-state index >= 15 is 0 Å². The van der Waals surface area contributed by atoms with Gasteiger partial charge < -0.3 is 14.6 Å². The maximum absolute atomic E-state index is 10.7. The first-order valence-corrected chi connectivity index (χ1v) is 10.6. The fourth-order valence-corrected chi connectivity index (χ4v) is 3.76. The summed E-state index contributed by atoms with van der Waals surface area (Å²) in [6.07, 6.45) is 8.18. The summed E-state index contributed by atoms with van der Waals surface area (Å²) in [6.45, 7) is 3.72. The standard InChI is InChI=1S/C25H28N4O/c30-25(27-13-6-15-28-18-14-26-20-28)23-11-12-24(29-16-4-5-17-29)22(19-23)10-9-21-7-2-1-3-8-21/h1-3,7-8,11-12,14,18-20,25,27,30H,4-6,13,15-17H2. The van der Waals surface area contributed by atoms with Crippen LogP contribution >= 0.6 is 0 Å². The Kier molecular flexibility index (Phi) is 6.81. The van der Waals surface area contributed by atoms with Crippen LogP contribution in [0.5, 0.6) is 0 Å². The molecule has 2 N–H and O–H groups in total. The van der Waals surface area contributed by atoms with Gasteiger partial charge in [0, 0.05) is 43.2 Å². The number of nitrogens with zero attached hydrogens (tertiary/aromatic N) is 3. The van der Waals surface area contributed by atoms with Crippen molar-refractivity contribution in [2.24, 2.45) is 0 Å². The monoisotopic (exact) mass is 400 g/mol. The summed E-state index contributed by atoms with van der Waals surface area (Å²) in [7, 11) is 0. The number of imidazole rings is 1. The zero-order valence-corrected chi connectivity index (χ0v) is 17.2. The van der Waals surface area contributed by atoms with E-state index in [1.54, 1.807) is 6.20 Å². The number of hydrogen-bond acceptors (Lipinski definition) is 4. The van der Waals surface area contributed by atoms with Crippen molar-refractivity contribution in [2.45, 2.75) is 32.0 Å². The number of anilines is 1. The molecule has 0 radical (unpaired) electrons. The van der Waals surface area contributed by atoms with Gasteiger partial charge >= 0.3 is 0 Å². The smallest absolute Gasteiger partial charge is 0.131 e. The normalized spacial score (nSPS) is 14.4. The third kappa shape index (κ3) is 5.29. The van der Waals surface area contributed by atoms with Crippen LogP contribution in [0.2, 0.25) is 0 Å². The highest BCUT2D eigenvalue weighted by atomic mass is 16.3. The Bertz CT molecular complexity index is 983. The van der Waals surface area contributed by atoms with Crippen LogP contribution in [-0.4, -0.2) is 34.3 Å². The topological polar surface area (TPSA) is 53.3 Å². The summed E-state index contributed by atoms with van der Waals surface area (Å²) in [6, 6.07) is 16.2. The Morgan fingerprint density at radius 3 is 2.67 bits per heavy atom. The molecule has 2 heterocycles. The minimum absolute atomic E-state index is 0.710. The quantitative estimate of drug-likeness (QED) is 0.362. The Morgan fingerprint density at radius 2 is 1.90 bits per heavy atom. The summed E-state index contributed by atoms with van der Waals surface area (Å²) >= 11 is 0. The Balaban J connectivity index is 1.47. The summed E-state index contributed by atoms with van der Waals surface area (Å²) in [5, 5.41) is 13.9. The first-order chi connectivity index (χ1) is 14.8. The maximum Gasteiger partial charge on any atom is 0.131 e. The van der Waals surface area contributed by atoms with Crippen molar-refractivity contribution in [3.8, 4) is 11.8 Å². The molecule has 0 spiro atoms. The van der Waals surface area contributed by atoms with Crippen molar-refractivity contribution >= 4 is 5.69 Å². The zero-order chi connectivity index (χ0) is 20.6. The molecule has 1 saturated heterocycles. The molecule has 1 aromatic heterocycles. The lowest BCUT2D eigenvalue weighted by Gasteiger charge is -2.21. The second-order valence-electron chi connectivity index (χ2n) is 7.60. The summed E-state index contributed by atoms with van der Waals surface area (Å²) in [4.78, 5) is 6.44. The Labute approximate surface area is 178 Å². The molecule has 0 aliphatic carbocycles. The SMILES string of the molecule is OC(NCCCn1ccnc1)c1ccc(N2CCCC2)c(C#Cc2ccccc2)c1. The molecule has 1 aliphatic rings. The first kappa shape index (κ1) is 20.2. The molecule has 2 aromatic carbocycles. The molecule has 1 unspecified atom stereocenters. The minimum atomic E-state index is -0.710. The predicted octanol–water partition coefficient (Wildman–Crippen LogP) is 3.55. The van der Waals surface area contributed by atoms with E-state index in [9.17, 15) is 5.11 Å². The van der Waals surface area contributed by atoms with E-state index in [0.29, 0.717) is 0 Å². The molecular weight excluding hydrogens is 372 g/mol. The molecule has 5 nitrogen and oxygen atoms in total. The lowest BCUT2D eigenvalue weighted by Crippen LogP contribution is -2.23. The van der Waals surface area contributed by atoms with Gasteiger partial charge in [-0.2, -0.15) is 0 Å². The average Bonchev–Trinajstić information content (AvgIpc) is 3.50. The fraction of sp³-hybridized carbons (Fsp3) is 0.320. The molecule has 0 saturated carbocycles. The van der Waals surface area contributed by atoms with Crippen LogP contribution in [0.4, 0.5) is 5.69 Å². The number of benzene rings is 2. The molecule has 4 rings (SSSR count). The van der Waals surface area contributed by atoms with Gasteiger partial charge in [0.2, 0.25) is 0 Å². The van der Waals surface area contributed by atoms with Gasteiger partial charge in [-0.25, -0.2) is 4.98 Å². The number of aromatic nitrogens is 2. The van der Waals surface area contributed by atoms with Gasteiger partial charge in [0.15, 0.2) is 0 Å². The third-order valence-electron chi connectivity index (χ3n) is 5.39. The summed E-state index contributed by atoms with van der Waals surface area (Å²) in [5.74, 6) is 6.62.